The molecule has 4 aromatic rings. The molecule has 1 aromatic carbocycles. The number of aryl methyl sites for hydroxylation is 1. The lowest BCUT2D eigenvalue weighted by molar-refractivity contribution is 0.538. The summed E-state index contributed by atoms with van der Waals surface area (Å²) in [5.41, 5.74) is 3.72. The van der Waals surface area contributed by atoms with Crippen LogP contribution in [0.3, 0.4) is 0 Å². The van der Waals surface area contributed by atoms with Crippen molar-refractivity contribution in [2.45, 2.75) is 59.5 Å². The minimum atomic E-state index is -0.0152. The molecule has 4 rings (SSSR count). The molecule has 3 heterocycles. The lowest BCUT2D eigenvalue weighted by Gasteiger charge is -2.09. The van der Waals surface area contributed by atoms with E-state index in [1.807, 2.05) is 24.3 Å². The molecular formula is C22H27N5O. The molecule has 0 aliphatic rings. The molecule has 0 saturated carbocycles. The fourth-order valence-corrected chi connectivity index (χ4v) is 3.75. The maximum absolute atomic E-state index is 13.3. The molecule has 6 heteroatoms. The molecule has 3 aromatic heterocycles. The largest absolute Gasteiger partial charge is 0.308 e. The number of hydrogen-bond donors (Lipinski definition) is 0. The number of benzene rings is 1. The van der Waals surface area contributed by atoms with E-state index in [0.29, 0.717) is 29.0 Å². The molecule has 0 aliphatic heterocycles. The number of rotatable bonds is 7. The third-order valence-corrected chi connectivity index (χ3v) is 5.12. The molecule has 0 saturated heterocycles. The highest BCUT2D eigenvalue weighted by Gasteiger charge is 2.20. The normalized spacial score (nSPS) is 12.0. The van der Waals surface area contributed by atoms with Crippen molar-refractivity contribution in [1.82, 2.24) is 24.1 Å². The minimum absolute atomic E-state index is 0.0152. The van der Waals surface area contributed by atoms with Crippen LogP contribution in [0.4, 0.5) is 0 Å². The fraction of sp³-hybridized carbons (Fsp3) is 0.455. The highest BCUT2D eigenvalue weighted by atomic mass is 16.1. The molecule has 6 nitrogen and oxygen atoms in total. The first-order valence-corrected chi connectivity index (χ1v) is 10.2. The zero-order valence-electron chi connectivity index (χ0n) is 16.9. The highest BCUT2D eigenvalue weighted by Crippen LogP contribution is 2.25. The lowest BCUT2D eigenvalue weighted by Crippen LogP contribution is -2.21. The van der Waals surface area contributed by atoms with E-state index in [4.69, 9.17) is 9.97 Å². The summed E-state index contributed by atoms with van der Waals surface area (Å²) >= 11 is 0. The average molecular weight is 377 g/mol. The van der Waals surface area contributed by atoms with Gasteiger partial charge in [-0.25, -0.2) is 15.0 Å². The van der Waals surface area contributed by atoms with Gasteiger partial charge in [-0.1, -0.05) is 52.2 Å². The van der Waals surface area contributed by atoms with Gasteiger partial charge in [-0.3, -0.25) is 9.36 Å². The SMILES string of the molecule is CCCCCCn1cnc2c(c1=O)c1nc3ccccc3nc1n2CC(C)C. The van der Waals surface area contributed by atoms with Gasteiger partial charge in [0.2, 0.25) is 0 Å². The number of unbranched alkanes of at least 4 members (excludes halogenated alkanes) is 3. The van der Waals surface area contributed by atoms with Crippen LogP contribution in [0, 0.1) is 5.92 Å². The van der Waals surface area contributed by atoms with Crippen LogP contribution in [0.2, 0.25) is 0 Å². The van der Waals surface area contributed by atoms with Gasteiger partial charge in [0.25, 0.3) is 5.56 Å². The molecule has 0 bridgehead atoms. The van der Waals surface area contributed by atoms with E-state index >= 15 is 0 Å². The van der Waals surface area contributed by atoms with E-state index in [0.717, 1.165) is 36.1 Å². The topological polar surface area (TPSA) is 65.6 Å². The summed E-state index contributed by atoms with van der Waals surface area (Å²) in [6.45, 7) is 7.94. The maximum atomic E-state index is 13.3. The van der Waals surface area contributed by atoms with Crippen LogP contribution in [0.25, 0.3) is 33.2 Å². The number of aromatic nitrogens is 5. The van der Waals surface area contributed by atoms with Crippen LogP contribution in [-0.4, -0.2) is 24.1 Å². The number of para-hydroxylation sites is 2. The van der Waals surface area contributed by atoms with Crippen LogP contribution >= 0.6 is 0 Å². The number of hydrogen-bond acceptors (Lipinski definition) is 4. The van der Waals surface area contributed by atoms with Crippen LogP contribution < -0.4 is 5.56 Å². The Balaban J connectivity index is 1.94. The van der Waals surface area contributed by atoms with E-state index in [9.17, 15) is 4.79 Å². The van der Waals surface area contributed by atoms with Gasteiger partial charge >= 0.3 is 0 Å². The molecule has 0 N–H and O–H groups in total. The summed E-state index contributed by atoms with van der Waals surface area (Å²) in [6, 6.07) is 7.80. The van der Waals surface area contributed by atoms with Crippen LogP contribution in [0.15, 0.2) is 35.4 Å². The van der Waals surface area contributed by atoms with Crippen molar-refractivity contribution < 1.29 is 0 Å². The Morgan fingerprint density at radius 3 is 2.46 bits per heavy atom. The maximum Gasteiger partial charge on any atom is 0.265 e. The fourth-order valence-electron chi connectivity index (χ4n) is 3.75. The summed E-state index contributed by atoms with van der Waals surface area (Å²) in [6.07, 6.45) is 6.17. The third kappa shape index (κ3) is 3.28. The molecule has 146 valence electrons. The van der Waals surface area contributed by atoms with Crippen LogP contribution in [0.5, 0.6) is 0 Å². The zero-order chi connectivity index (χ0) is 19.7. The van der Waals surface area contributed by atoms with Crippen molar-refractivity contribution in [3.8, 4) is 0 Å². The second kappa shape index (κ2) is 7.70. The standard InChI is InChI=1S/C22H27N5O/c1-4-5-6-9-12-26-14-23-20-18(22(26)28)19-21(27(20)13-15(2)3)25-17-11-8-7-10-16(17)24-19/h7-8,10-11,14-15H,4-6,9,12-13H2,1-3H3. The summed E-state index contributed by atoms with van der Waals surface area (Å²) in [4.78, 5) is 27.6. The summed E-state index contributed by atoms with van der Waals surface area (Å²) < 4.78 is 3.78. The average Bonchev–Trinajstić information content (AvgIpc) is 2.98. The monoisotopic (exact) mass is 377 g/mol. The summed E-state index contributed by atoms with van der Waals surface area (Å²) in [7, 11) is 0. The smallest absolute Gasteiger partial charge is 0.265 e. The van der Waals surface area contributed by atoms with E-state index in [2.05, 4.69) is 30.3 Å². The predicted octanol–water partition coefficient (Wildman–Crippen LogP) is 4.53. The van der Waals surface area contributed by atoms with Crippen LogP contribution in [-0.2, 0) is 13.1 Å². The molecule has 0 amide bonds. The number of nitrogens with zero attached hydrogens (tertiary/aromatic N) is 5. The second-order valence-corrected chi connectivity index (χ2v) is 7.89. The van der Waals surface area contributed by atoms with E-state index in [1.165, 1.54) is 12.8 Å². The van der Waals surface area contributed by atoms with Crippen molar-refractivity contribution in [3.05, 3.63) is 40.9 Å². The van der Waals surface area contributed by atoms with Gasteiger partial charge in [0.1, 0.15) is 10.9 Å². The number of fused-ring (bicyclic) bond motifs is 4. The van der Waals surface area contributed by atoms with Gasteiger partial charge < -0.3 is 4.57 Å². The first-order valence-electron chi connectivity index (χ1n) is 10.2. The van der Waals surface area contributed by atoms with E-state index in [1.54, 1.807) is 10.9 Å². The Morgan fingerprint density at radius 1 is 1.00 bits per heavy atom. The second-order valence-electron chi connectivity index (χ2n) is 7.89. The van der Waals surface area contributed by atoms with Crippen LogP contribution in [0.1, 0.15) is 46.5 Å². The van der Waals surface area contributed by atoms with E-state index < -0.39 is 0 Å². The van der Waals surface area contributed by atoms with Gasteiger partial charge in [0.15, 0.2) is 11.3 Å². The summed E-state index contributed by atoms with van der Waals surface area (Å²) in [5.74, 6) is 0.408. The van der Waals surface area contributed by atoms with Crippen molar-refractivity contribution in [3.63, 3.8) is 0 Å². The summed E-state index contributed by atoms with van der Waals surface area (Å²) in [5, 5.41) is 0.590. The van der Waals surface area contributed by atoms with Gasteiger partial charge in [0.05, 0.1) is 17.4 Å². The highest BCUT2D eigenvalue weighted by molar-refractivity contribution is 6.04. The van der Waals surface area contributed by atoms with Gasteiger partial charge in [0, 0.05) is 13.1 Å². The molecule has 0 atom stereocenters. The minimum Gasteiger partial charge on any atom is -0.308 e. The Hall–Kier alpha value is -2.76. The predicted molar refractivity (Wildman–Crippen MR) is 114 cm³/mol. The Bertz CT molecular complexity index is 1190. The third-order valence-electron chi connectivity index (χ3n) is 5.12. The molecule has 0 fully saturated rings. The van der Waals surface area contributed by atoms with Crippen molar-refractivity contribution >= 4 is 33.2 Å². The molecule has 0 radical (unpaired) electrons. The Morgan fingerprint density at radius 2 is 1.75 bits per heavy atom. The first kappa shape index (κ1) is 18.6. The van der Waals surface area contributed by atoms with Crippen molar-refractivity contribution in [1.29, 1.82) is 0 Å². The first-order chi connectivity index (χ1) is 13.6. The molecular weight excluding hydrogens is 350 g/mol. The van der Waals surface area contributed by atoms with Gasteiger partial charge in [-0.05, 0) is 24.5 Å². The zero-order valence-corrected chi connectivity index (χ0v) is 16.9. The van der Waals surface area contributed by atoms with Crippen molar-refractivity contribution in [2.75, 3.05) is 0 Å². The van der Waals surface area contributed by atoms with Gasteiger partial charge in [-0.2, -0.15) is 0 Å². The Kier molecular flexibility index (Phi) is 5.11. The molecule has 0 spiro atoms. The molecule has 28 heavy (non-hydrogen) atoms. The van der Waals surface area contributed by atoms with Crippen molar-refractivity contribution in [2.24, 2.45) is 5.92 Å². The Labute approximate surface area is 164 Å². The molecule has 0 unspecified atom stereocenters. The molecule has 0 aliphatic carbocycles. The van der Waals surface area contributed by atoms with E-state index in [-0.39, 0.29) is 5.56 Å². The quantitative estimate of drug-likeness (QED) is 0.444. The van der Waals surface area contributed by atoms with Gasteiger partial charge in [-0.15, -0.1) is 0 Å². The lowest BCUT2D eigenvalue weighted by atomic mass is 10.2.